The van der Waals surface area contributed by atoms with Crippen LogP contribution in [0.15, 0.2) is 9.59 Å². The number of hydrogen-bond acceptors (Lipinski definition) is 4. The van der Waals surface area contributed by atoms with Gasteiger partial charge in [0.1, 0.15) is 12.1 Å². The molecule has 0 aliphatic heterocycles. The van der Waals surface area contributed by atoms with Gasteiger partial charge in [0.05, 0.1) is 6.54 Å². The Morgan fingerprint density at radius 1 is 1.27 bits per heavy atom. The number of carbonyl (C=O) groups is 1. The smallest absolute Gasteiger partial charge is 0.314 e. The maximum atomic E-state index is 12.1. The summed E-state index contributed by atoms with van der Waals surface area (Å²) in [7, 11) is 0. The predicted molar refractivity (Wildman–Crippen MR) is 82.2 cm³/mol. The minimum atomic E-state index is -0.556. The number of H-pyrrole nitrogens is 1. The highest BCUT2D eigenvalue weighted by atomic mass is 16.2. The van der Waals surface area contributed by atoms with Gasteiger partial charge in [-0.1, -0.05) is 19.8 Å². The summed E-state index contributed by atoms with van der Waals surface area (Å²) in [4.78, 5) is 41.8. The second kappa shape index (κ2) is 5.90. The number of aromatic nitrogens is 4. The maximum Gasteiger partial charge on any atom is 0.330 e. The molecule has 0 unspecified atom stereocenters. The first-order valence-electron chi connectivity index (χ1n) is 7.84. The monoisotopic (exact) mass is 304 g/mol. The fourth-order valence-electron chi connectivity index (χ4n) is 3.39. The van der Waals surface area contributed by atoms with Gasteiger partial charge in [0.15, 0.2) is 11.2 Å². The number of aromatic amines is 1. The van der Waals surface area contributed by atoms with Crippen LogP contribution in [0.2, 0.25) is 0 Å². The topological polar surface area (TPSA) is 89.8 Å². The van der Waals surface area contributed by atoms with Gasteiger partial charge in [0.25, 0.3) is 5.56 Å². The number of aldehydes is 1. The first-order valence-corrected chi connectivity index (χ1v) is 7.84. The predicted octanol–water partition coefficient (Wildman–Crippen LogP) is 1.15. The van der Waals surface area contributed by atoms with Crippen LogP contribution in [0.4, 0.5) is 0 Å². The van der Waals surface area contributed by atoms with Crippen LogP contribution in [-0.2, 0) is 17.9 Å². The molecule has 1 saturated carbocycles. The molecule has 1 aliphatic rings. The van der Waals surface area contributed by atoms with E-state index < -0.39 is 11.2 Å². The van der Waals surface area contributed by atoms with Crippen LogP contribution in [-0.4, -0.2) is 25.4 Å². The molecule has 0 spiro atoms. The second-order valence-electron chi connectivity index (χ2n) is 5.81. The van der Waals surface area contributed by atoms with Gasteiger partial charge < -0.3 is 9.36 Å². The molecule has 22 heavy (non-hydrogen) atoms. The molecule has 0 amide bonds. The molecule has 2 aromatic rings. The zero-order valence-corrected chi connectivity index (χ0v) is 12.7. The van der Waals surface area contributed by atoms with Crippen molar-refractivity contribution >= 4 is 17.5 Å². The Labute approximate surface area is 127 Å². The lowest BCUT2D eigenvalue weighted by Crippen LogP contribution is -2.31. The lowest BCUT2D eigenvalue weighted by atomic mass is 10.1. The third kappa shape index (κ3) is 2.30. The number of fused-ring (bicyclic) bond motifs is 1. The van der Waals surface area contributed by atoms with Crippen molar-refractivity contribution in [2.75, 3.05) is 0 Å². The number of aryl methyl sites for hydroxylation is 1. The fraction of sp³-hybridized carbons (Fsp3) is 0.600. The van der Waals surface area contributed by atoms with Crippen LogP contribution in [0.5, 0.6) is 0 Å². The summed E-state index contributed by atoms with van der Waals surface area (Å²) in [6.07, 6.45) is 5.98. The zero-order chi connectivity index (χ0) is 15.7. The highest BCUT2D eigenvalue weighted by Crippen LogP contribution is 2.34. The van der Waals surface area contributed by atoms with Crippen LogP contribution < -0.4 is 11.2 Å². The van der Waals surface area contributed by atoms with Crippen molar-refractivity contribution in [2.24, 2.45) is 0 Å². The first kappa shape index (κ1) is 14.7. The van der Waals surface area contributed by atoms with E-state index in [1.807, 2.05) is 11.5 Å². The molecular weight excluding hydrogens is 284 g/mol. The van der Waals surface area contributed by atoms with E-state index in [4.69, 9.17) is 0 Å². The van der Waals surface area contributed by atoms with Gasteiger partial charge in [-0.15, -0.1) is 0 Å². The summed E-state index contributed by atoms with van der Waals surface area (Å²) >= 11 is 0. The van der Waals surface area contributed by atoms with E-state index in [2.05, 4.69) is 9.97 Å². The summed E-state index contributed by atoms with van der Waals surface area (Å²) < 4.78 is 3.27. The van der Waals surface area contributed by atoms with Crippen molar-refractivity contribution in [1.82, 2.24) is 19.1 Å². The average molecular weight is 304 g/mol. The number of hydrogen-bond donors (Lipinski definition) is 1. The minimum Gasteiger partial charge on any atom is -0.314 e. The largest absolute Gasteiger partial charge is 0.330 e. The van der Waals surface area contributed by atoms with Crippen molar-refractivity contribution in [3.05, 3.63) is 26.7 Å². The Bertz CT molecular complexity index is 809. The molecule has 0 atom stereocenters. The second-order valence-corrected chi connectivity index (χ2v) is 5.81. The van der Waals surface area contributed by atoms with E-state index in [0.29, 0.717) is 24.4 Å². The Morgan fingerprint density at radius 2 is 2.00 bits per heavy atom. The Balaban J connectivity index is 2.33. The van der Waals surface area contributed by atoms with Crippen molar-refractivity contribution in [2.45, 2.75) is 58.0 Å². The van der Waals surface area contributed by atoms with Crippen LogP contribution in [0.3, 0.4) is 0 Å². The van der Waals surface area contributed by atoms with Gasteiger partial charge in [0, 0.05) is 12.5 Å². The van der Waals surface area contributed by atoms with Crippen LogP contribution in [0.1, 0.15) is 50.8 Å². The van der Waals surface area contributed by atoms with Gasteiger partial charge in [-0.05, 0) is 19.3 Å². The van der Waals surface area contributed by atoms with Crippen molar-refractivity contribution in [3.63, 3.8) is 0 Å². The van der Waals surface area contributed by atoms with Crippen LogP contribution in [0.25, 0.3) is 11.2 Å². The summed E-state index contributed by atoms with van der Waals surface area (Å²) in [6, 6.07) is 0. The highest BCUT2D eigenvalue weighted by Gasteiger charge is 2.26. The summed E-state index contributed by atoms with van der Waals surface area (Å²) in [6.45, 7) is 2.65. The molecule has 3 rings (SSSR count). The van der Waals surface area contributed by atoms with Crippen molar-refractivity contribution in [3.8, 4) is 0 Å². The Morgan fingerprint density at radius 3 is 2.64 bits per heavy atom. The van der Waals surface area contributed by atoms with E-state index in [0.717, 1.165) is 37.9 Å². The van der Waals surface area contributed by atoms with Crippen LogP contribution >= 0.6 is 0 Å². The quantitative estimate of drug-likeness (QED) is 0.839. The third-order valence-electron chi connectivity index (χ3n) is 4.33. The van der Waals surface area contributed by atoms with Crippen molar-refractivity contribution < 1.29 is 4.79 Å². The summed E-state index contributed by atoms with van der Waals surface area (Å²) in [5.74, 6) is 1.21. The number of nitrogens with zero attached hydrogens (tertiary/aromatic N) is 3. The molecule has 118 valence electrons. The van der Waals surface area contributed by atoms with Crippen LogP contribution in [0, 0.1) is 0 Å². The van der Waals surface area contributed by atoms with E-state index in [1.165, 1.54) is 4.57 Å². The van der Waals surface area contributed by atoms with E-state index in [1.54, 1.807) is 0 Å². The van der Waals surface area contributed by atoms with E-state index in [-0.39, 0.29) is 12.1 Å². The zero-order valence-electron chi connectivity index (χ0n) is 12.7. The molecular formula is C15H20N4O3. The number of imidazole rings is 1. The van der Waals surface area contributed by atoms with Crippen molar-refractivity contribution in [1.29, 1.82) is 0 Å². The molecule has 1 aliphatic carbocycles. The molecule has 0 bridgehead atoms. The maximum absolute atomic E-state index is 12.1. The first-order chi connectivity index (χ1) is 10.7. The minimum absolute atomic E-state index is 0.0778. The fourth-order valence-corrected chi connectivity index (χ4v) is 3.39. The van der Waals surface area contributed by atoms with E-state index >= 15 is 0 Å². The van der Waals surface area contributed by atoms with Gasteiger partial charge >= 0.3 is 5.69 Å². The molecule has 0 radical (unpaired) electrons. The van der Waals surface area contributed by atoms with E-state index in [9.17, 15) is 14.4 Å². The molecule has 1 fully saturated rings. The SMILES string of the molecule is CCCn1c(C2CCCC2)nc2c(=O)[nH]c(=O)n(CC=O)c21. The molecule has 7 heteroatoms. The van der Waals surface area contributed by atoms with Gasteiger partial charge in [0.2, 0.25) is 0 Å². The number of rotatable bonds is 5. The number of carbonyl (C=O) groups excluding carboxylic acids is 1. The lowest BCUT2D eigenvalue weighted by Gasteiger charge is -2.14. The molecule has 2 heterocycles. The Hall–Kier alpha value is -2.18. The molecule has 0 aromatic carbocycles. The number of nitrogens with one attached hydrogen (secondary N) is 1. The molecule has 7 nitrogen and oxygen atoms in total. The van der Waals surface area contributed by atoms with Gasteiger partial charge in [-0.2, -0.15) is 0 Å². The summed E-state index contributed by atoms with van der Waals surface area (Å²) in [5.41, 5.74) is -0.294. The van der Waals surface area contributed by atoms with Gasteiger partial charge in [-0.25, -0.2) is 9.78 Å². The summed E-state index contributed by atoms with van der Waals surface area (Å²) in [5, 5.41) is 0. The lowest BCUT2D eigenvalue weighted by molar-refractivity contribution is -0.108. The standard InChI is InChI=1S/C15H20N4O3/c1-2-7-18-12(10-5-3-4-6-10)16-11-13(21)17-15(22)19(8-9-20)14(11)18/h9-10H,2-8H2,1H3,(H,17,21,22). The third-order valence-corrected chi connectivity index (χ3v) is 4.33. The molecule has 1 N–H and O–H groups in total. The molecule has 2 aromatic heterocycles. The Kier molecular flexibility index (Phi) is 3.96. The normalized spacial score (nSPS) is 15.7. The average Bonchev–Trinajstić information content (AvgIpc) is 3.11. The van der Waals surface area contributed by atoms with Gasteiger partial charge in [-0.3, -0.25) is 14.3 Å². The highest BCUT2D eigenvalue weighted by molar-refractivity contribution is 5.72. The molecule has 0 saturated heterocycles.